The summed E-state index contributed by atoms with van der Waals surface area (Å²) in [5.74, 6) is 2.15. The Morgan fingerprint density at radius 2 is 2.38 bits per heavy atom. The molecule has 2 fully saturated rings. The fourth-order valence-corrected chi connectivity index (χ4v) is 2.68. The van der Waals surface area contributed by atoms with Crippen molar-refractivity contribution in [3.05, 3.63) is 0 Å². The van der Waals surface area contributed by atoms with Crippen molar-refractivity contribution in [1.82, 2.24) is 4.90 Å². The van der Waals surface area contributed by atoms with Crippen LogP contribution in [0.2, 0.25) is 0 Å². The van der Waals surface area contributed by atoms with E-state index in [0.717, 1.165) is 44.0 Å². The Kier molecular flexibility index (Phi) is 3.11. The highest BCUT2D eigenvalue weighted by molar-refractivity contribution is 7.99. The average Bonchev–Trinajstić information content (AvgIpc) is 2.71. The van der Waals surface area contributed by atoms with E-state index >= 15 is 0 Å². The molecule has 13 heavy (non-hydrogen) atoms. The Hall–Kier alpha value is -0.220. The first-order chi connectivity index (χ1) is 6.38. The van der Waals surface area contributed by atoms with E-state index in [2.05, 4.69) is 0 Å². The van der Waals surface area contributed by atoms with E-state index in [1.54, 1.807) is 0 Å². The number of nitrogens with zero attached hydrogens (tertiary/aromatic N) is 1. The number of thioether (sulfide) groups is 1. The average molecular weight is 201 g/mol. The zero-order chi connectivity index (χ0) is 9.10. The maximum absolute atomic E-state index is 11.8. The molecule has 2 saturated heterocycles. The highest BCUT2D eigenvalue weighted by Gasteiger charge is 2.28. The second-order valence-electron chi connectivity index (χ2n) is 3.49. The first-order valence-corrected chi connectivity index (χ1v) is 6.01. The van der Waals surface area contributed by atoms with Crippen LogP contribution in [0.1, 0.15) is 19.3 Å². The quantitative estimate of drug-likeness (QED) is 0.636. The zero-order valence-electron chi connectivity index (χ0n) is 7.70. The molecule has 4 heteroatoms. The van der Waals surface area contributed by atoms with Crippen molar-refractivity contribution in [3.8, 4) is 0 Å². The SMILES string of the molecule is O=C(C1CCCCO1)N1CCSC1. The zero-order valence-corrected chi connectivity index (χ0v) is 8.52. The van der Waals surface area contributed by atoms with E-state index in [9.17, 15) is 4.79 Å². The minimum Gasteiger partial charge on any atom is -0.368 e. The number of rotatable bonds is 1. The van der Waals surface area contributed by atoms with E-state index in [-0.39, 0.29) is 12.0 Å². The summed E-state index contributed by atoms with van der Waals surface area (Å²) < 4.78 is 5.45. The lowest BCUT2D eigenvalue weighted by molar-refractivity contribution is -0.144. The van der Waals surface area contributed by atoms with Crippen molar-refractivity contribution in [2.24, 2.45) is 0 Å². The van der Waals surface area contributed by atoms with Crippen LogP contribution in [0.4, 0.5) is 0 Å². The van der Waals surface area contributed by atoms with Gasteiger partial charge in [0, 0.05) is 18.9 Å². The normalized spacial score (nSPS) is 29.2. The number of carbonyl (C=O) groups excluding carboxylic acids is 1. The molecule has 0 N–H and O–H groups in total. The van der Waals surface area contributed by atoms with Crippen LogP contribution in [0.25, 0.3) is 0 Å². The summed E-state index contributed by atoms with van der Waals surface area (Å²) in [6.45, 7) is 1.67. The second kappa shape index (κ2) is 4.33. The molecule has 0 aromatic rings. The summed E-state index contributed by atoms with van der Waals surface area (Å²) >= 11 is 1.82. The van der Waals surface area contributed by atoms with E-state index in [4.69, 9.17) is 4.74 Å². The van der Waals surface area contributed by atoms with E-state index in [1.165, 1.54) is 0 Å². The van der Waals surface area contributed by atoms with Crippen LogP contribution in [-0.4, -0.2) is 41.7 Å². The molecule has 0 saturated carbocycles. The van der Waals surface area contributed by atoms with Crippen LogP contribution in [0.3, 0.4) is 0 Å². The van der Waals surface area contributed by atoms with Gasteiger partial charge in [-0.3, -0.25) is 4.79 Å². The van der Waals surface area contributed by atoms with Gasteiger partial charge in [-0.2, -0.15) is 0 Å². The molecule has 2 aliphatic heterocycles. The molecule has 0 aromatic heterocycles. The van der Waals surface area contributed by atoms with Gasteiger partial charge in [-0.05, 0) is 19.3 Å². The van der Waals surface area contributed by atoms with Crippen molar-refractivity contribution in [1.29, 1.82) is 0 Å². The van der Waals surface area contributed by atoms with E-state index < -0.39 is 0 Å². The van der Waals surface area contributed by atoms with Crippen molar-refractivity contribution in [3.63, 3.8) is 0 Å². The van der Waals surface area contributed by atoms with Crippen LogP contribution < -0.4 is 0 Å². The summed E-state index contributed by atoms with van der Waals surface area (Å²) in [4.78, 5) is 13.7. The maximum Gasteiger partial charge on any atom is 0.252 e. The van der Waals surface area contributed by atoms with Crippen LogP contribution >= 0.6 is 11.8 Å². The van der Waals surface area contributed by atoms with Gasteiger partial charge in [0.2, 0.25) is 0 Å². The molecule has 74 valence electrons. The van der Waals surface area contributed by atoms with Crippen LogP contribution in [-0.2, 0) is 9.53 Å². The molecular formula is C9H15NO2S. The predicted octanol–water partition coefficient (Wildman–Crippen LogP) is 1.09. The summed E-state index contributed by atoms with van der Waals surface area (Å²) in [6, 6.07) is 0. The van der Waals surface area contributed by atoms with Gasteiger partial charge in [-0.15, -0.1) is 11.8 Å². The molecule has 0 aromatic carbocycles. The van der Waals surface area contributed by atoms with E-state index in [1.807, 2.05) is 16.7 Å². The number of amides is 1. The minimum atomic E-state index is -0.132. The van der Waals surface area contributed by atoms with Crippen molar-refractivity contribution in [2.45, 2.75) is 25.4 Å². The first-order valence-electron chi connectivity index (χ1n) is 4.86. The molecule has 3 nitrogen and oxygen atoms in total. The fourth-order valence-electron chi connectivity index (χ4n) is 1.73. The number of carbonyl (C=O) groups is 1. The summed E-state index contributed by atoms with van der Waals surface area (Å²) in [5, 5.41) is 0. The molecule has 2 rings (SSSR count). The number of hydrogen-bond donors (Lipinski definition) is 0. The molecule has 1 amide bonds. The molecule has 1 atom stereocenters. The van der Waals surface area contributed by atoms with Gasteiger partial charge in [0.05, 0.1) is 5.88 Å². The Labute approximate surface area is 82.8 Å². The monoisotopic (exact) mass is 201 g/mol. The van der Waals surface area contributed by atoms with Crippen molar-refractivity contribution >= 4 is 17.7 Å². The van der Waals surface area contributed by atoms with Gasteiger partial charge in [-0.1, -0.05) is 0 Å². The van der Waals surface area contributed by atoms with Crippen molar-refractivity contribution < 1.29 is 9.53 Å². The third kappa shape index (κ3) is 2.17. The third-order valence-electron chi connectivity index (χ3n) is 2.52. The standard InChI is InChI=1S/C9H15NO2S/c11-9(10-4-6-13-7-10)8-3-1-2-5-12-8/h8H,1-7H2. The molecule has 0 radical (unpaired) electrons. The molecule has 2 aliphatic rings. The van der Waals surface area contributed by atoms with Gasteiger partial charge >= 0.3 is 0 Å². The summed E-state index contributed by atoms with van der Waals surface area (Å²) in [7, 11) is 0. The minimum absolute atomic E-state index is 0.132. The Balaban J connectivity index is 1.87. The topological polar surface area (TPSA) is 29.5 Å². The fraction of sp³-hybridized carbons (Fsp3) is 0.889. The second-order valence-corrected chi connectivity index (χ2v) is 4.57. The molecule has 0 spiro atoms. The smallest absolute Gasteiger partial charge is 0.252 e. The van der Waals surface area contributed by atoms with Crippen LogP contribution in [0.5, 0.6) is 0 Å². The van der Waals surface area contributed by atoms with Gasteiger partial charge in [-0.25, -0.2) is 0 Å². The third-order valence-corrected chi connectivity index (χ3v) is 3.48. The lowest BCUT2D eigenvalue weighted by Crippen LogP contribution is -2.40. The van der Waals surface area contributed by atoms with Crippen LogP contribution in [0, 0.1) is 0 Å². The first kappa shape index (κ1) is 9.34. The van der Waals surface area contributed by atoms with Crippen molar-refractivity contribution in [2.75, 3.05) is 24.8 Å². The molecular weight excluding hydrogens is 186 g/mol. The number of hydrogen-bond acceptors (Lipinski definition) is 3. The lowest BCUT2D eigenvalue weighted by atomic mass is 10.1. The van der Waals surface area contributed by atoms with E-state index in [0.29, 0.717) is 0 Å². The molecule has 2 heterocycles. The van der Waals surface area contributed by atoms with Gasteiger partial charge < -0.3 is 9.64 Å². The summed E-state index contributed by atoms with van der Waals surface area (Å²) in [6.07, 6.45) is 3.03. The maximum atomic E-state index is 11.8. The molecule has 0 aliphatic carbocycles. The largest absolute Gasteiger partial charge is 0.368 e. The highest BCUT2D eigenvalue weighted by atomic mass is 32.2. The Morgan fingerprint density at radius 3 is 3.00 bits per heavy atom. The van der Waals surface area contributed by atoms with Crippen LogP contribution in [0.15, 0.2) is 0 Å². The van der Waals surface area contributed by atoms with Gasteiger partial charge in [0.25, 0.3) is 5.91 Å². The number of ether oxygens (including phenoxy) is 1. The Bertz CT molecular complexity index is 186. The van der Waals surface area contributed by atoms with Gasteiger partial charge in [0.15, 0.2) is 0 Å². The molecule has 1 unspecified atom stereocenters. The Morgan fingerprint density at radius 1 is 1.46 bits per heavy atom. The lowest BCUT2D eigenvalue weighted by Gasteiger charge is -2.25. The molecule has 0 bridgehead atoms. The van der Waals surface area contributed by atoms with Gasteiger partial charge in [0.1, 0.15) is 6.10 Å². The summed E-state index contributed by atoms with van der Waals surface area (Å²) in [5.41, 5.74) is 0. The highest BCUT2D eigenvalue weighted by Crippen LogP contribution is 2.19. The predicted molar refractivity (Wildman–Crippen MR) is 52.6 cm³/mol.